The number of benzene rings is 1. The van der Waals surface area contributed by atoms with Crippen LogP contribution in [0.25, 0.3) is 0 Å². The van der Waals surface area contributed by atoms with Crippen LogP contribution in [0.4, 0.5) is 0 Å². The van der Waals surface area contributed by atoms with Crippen molar-refractivity contribution in [2.24, 2.45) is 0 Å². The van der Waals surface area contributed by atoms with Gasteiger partial charge in [0.25, 0.3) is 0 Å². The Hall–Kier alpha value is -2.10. The van der Waals surface area contributed by atoms with Gasteiger partial charge in [0, 0.05) is 12.5 Å². The molecule has 1 unspecified atom stereocenters. The molecule has 0 saturated carbocycles. The summed E-state index contributed by atoms with van der Waals surface area (Å²) in [6, 6.07) is 11.0. The predicted molar refractivity (Wildman–Crippen MR) is 73.4 cm³/mol. The van der Waals surface area contributed by atoms with Crippen molar-refractivity contribution in [2.75, 3.05) is 0 Å². The molecule has 1 heterocycles. The SMILES string of the molecule is CC(Cc1ccco1)NS(=O)(=O)c1ccc(C#N)cc1. The topological polar surface area (TPSA) is 83.1 Å². The Labute approximate surface area is 117 Å². The molecule has 0 radical (unpaired) electrons. The molecule has 0 bridgehead atoms. The van der Waals surface area contributed by atoms with E-state index in [0.29, 0.717) is 12.0 Å². The van der Waals surface area contributed by atoms with Gasteiger partial charge >= 0.3 is 0 Å². The lowest BCUT2D eigenvalue weighted by Crippen LogP contribution is -2.34. The Balaban J connectivity index is 2.08. The van der Waals surface area contributed by atoms with Crippen molar-refractivity contribution in [1.82, 2.24) is 4.72 Å². The van der Waals surface area contributed by atoms with Crippen LogP contribution < -0.4 is 4.72 Å². The third-order valence-corrected chi connectivity index (χ3v) is 4.34. The molecule has 2 rings (SSSR count). The highest BCUT2D eigenvalue weighted by atomic mass is 32.2. The number of sulfonamides is 1. The molecule has 0 amide bonds. The Bertz CT molecular complexity index is 698. The van der Waals surface area contributed by atoms with Crippen LogP contribution in [0.2, 0.25) is 0 Å². The van der Waals surface area contributed by atoms with Crippen molar-refractivity contribution in [2.45, 2.75) is 24.3 Å². The second-order valence-electron chi connectivity index (χ2n) is 4.44. The summed E-state index contributed by atoms with van der Waals surface area (Å²) in [5.74, 6) is 0.722. The first kappa shape index (κ1) is 14.3. The van der Waals surface area contributed by atoms with E-state index in [1.54, 1.807) is 25.3 Å². The first-order chi connectivity index (χ1) is 9.51. The van der Waals surface area contributed by atoms with Gasteiger partial charge in [-0.15, -0.1) is 0 Å². The number of furan rings is 1. The average molecular weight is 290 g/mol. The standard InChI is InChI=1S/C14H14N2O3S/c1-11(9-13-3-2-8-19-13)16-20(17,18)14-6-4-12(10-15)5-7-14/h2-8,11,16H,9H2,1H3. The molecule has 6 heteroatoms. The van der Waals surface area contributed by atoms with Gasteiger partial charge in [0.05, 0.1) is 22.8 Å². The molecule has 1 aromatic carbocycles. The van der Waals surface area contributed by atoms with E-state index in [2.05, 4.69) is 4.72 Å². The van der Waals surface area contributed by atoms with E-state index in [4.69, 9.17) is 9.68 Å². The number of nitrogens with zero attached hydrogens (tertiary/aromatic N) is 1. The molecule has 104 valence electrons. The lowest BCUT2D eigenvalue weighted by Gasteiger charge is -2.13. The van der Waals surface area contributed by atoms with E-state index in [9.17, 15) is 8.42 Å². The molecular weight excluding hydrogens is 276 g/mol. The maximum absolute atomic E-state index is 12.1. The van der Waals surface area contributed by atoms with Crippen LogP contribution in [-0.4, -0.2) is 14.5 Å². The zero-order chi connectivity index (χ0) is 14.6. The number of hydrogen-bond acceptors (Lipinski definition) is 4. The van der Waals surface area contributed by atoms with Crippen molar-refractivity contribution in [3.05, 3.63) is 54.0 Å². The third kappa shape index (κ3) is 3.47. The van der Waals surface area contributed by atoms with E-state index < -0.39 is 10.0 Å². The van der Waals surface area contributed by atoms with Gasteiger partial charge in [-0.3, -0.25) is 0 Å². The van der Waals surface area contributed by atoms with Gasteiger partial charge in [0.15, 0.2) is 0 Å². The zero-order valence-corrected chi connectivity index (χ0v) is 11.7. The normalized spacial score (nSPS) is 12.8. The maximum atomic E-state index is 12.1. The number of rotatable bonds is 5. The minimum absolute atomic E-state index is 0.141. The van der Waals surface area contributed by atoms with Crippen LogP contribution in [0, 0.1) is 11.3 Å². The molecule has 2 aromatic rings. The van der Waals surface area contributed by atoms with Gasteiger partial charge in [-0.2, -0.15) is 5.26 Å². The minimum atomic E-state index is -3.59. The first-order valence-corrected chi connectivity index (χ1v) is 7.54. The Morgan fingerprint density at radius 2 is 2.00 bits per heavy atom. The predicted octanol–water partition coefficient (Wildman–Crippen LogP) is 2.06. The second-order valence-corrected chi connectivity index (χ2v) is 6.16. The molecule has 1 N–H and O–H groups in total. The van der Waals surface area contributed by atoms with Gasteiger partial charge in [0.2, 0.25) is 10.0 Å². The molecule has 0 saturated heterocycles. The summed E-state index contributed by atoms with van der Waals surface area (Å²) < 4.78 is 32.1. The Morgan fingerprint density at radius 3 is 2.55 bits per heavy atom. The highest BCUT2D eigenvalue weighted by molar-refractivity contribution is 7.89. The monoisotopic (exact) mass is 290 g/mol. The third-order valence-electron chi connectivity index (χ3n) is 2.74. The number of nitrogens with one attached hydrogen (secondary N) is 1. The van der Waals surface area contributed by atoms with Gasteiger partial charge < -0.3 is 4.42 Å². The van der Waals surface area contributed by atoms with Crippen molar-refractivity contribution in [3.8, 4) is 6.07 Å². The highest BCUT2D eigenvalue weighted by Gasteiger charge is 2.18. The van der Waals surface area contributed by atoms with Crippen molar-refractivity contribution in [1.29, 1.82) is 5.26 Å². The molecule has 0 fully saturated rings. The molecular formula is C14H14N2O3S. The summed E-state index contributed by atoms with van der Waals surface area (Å²) in [7, 11) is -3.59. The van der Waals surface area contributed by atoms with E-state index >= 15 is 0 Å². The molecule has 0 spiro atoms. The fourth-order valence-electron chi connectivity index (χ4n) is 1.81. The smallest absolute Gasteiger partial charge is 0.240 e. The summed E-state index contributed by atoms with van der Waals surface area (Å²) in [4.78, 5) is 0.141. The maximum Gasteiger partial charge on any atom is 0.240 e. The molecule has 1 aromatic heterocycles. The minimum Gasteiger partial charge on any atom is -0.469 e. The van der Waals surface area contributed by atoms with Crippen LogP contribution >= 0.6 is 0 Å². The fourth-order valence-corrected chi connectivity index (χ4v) is 3.06. The highest BCUT2D eigenvalue weighted by Crippen LogP contribution is 2.12. The van der Waals surface area contributed by atoms with E-state index in [1.807, 2.05) is 6.07 Å². The molecule has 0 aliphatic rings. The van der Waals surface area contributed by atoms with Gasteiger partial charge in [0.1, 0.15) is 5.76 Å². The van der Waals surface area contributed by atoms with Gasteiger partial charge in [-0.05, 0) is 43.3 Å². The van der Waals surface area contributed by atoms with Crippen LogP contribution in [-0.2, 0) is 16.4 Å². The van der Waals surface area contributed by atoms with Crippen molar-refractivity contribution in [3.63, 3.8) is 0 Å². The van der Waals surface area contributed by atoms with E-state index in [1.165, 1.54) is 24.3 Å². The quantitative estimate of drug-likeness (QED) is 0.913. The summed E-state index contributed by atoms with van der Waals surface area (Å²) in [6.07, 6.45) is 2.03. The average Bonchev–Trinajstić information content (AvgIpc) is 2.91. The molecule has 5 nitrogen and oxygen atoms in total. The first-order valence-electron chi connectivity index (χ1n) is 6.06. The van der Waals surface area contributed by atoms with Crippen LogP contribution in [0.1, 0.15) is 18.2 Å². The van der Waals surface area contributed by atoms with Crippen molar-refractivity contribution >= 4 is 10.0 Å². The largest absolute Gasteiger partial charge is 0.469 e. The Morgan fingerprint density at radius 1 is 1.30 bits per heavy atom. The molecule has 20 heavy (non-hydrogen) atoms. The van der Waals surface area contributed by atoms with E-state index in [-0.39, 0.29) is 10.9 Å². The summed E-state index contributed by atoms with van der Waals surface area (Å²) in [5, 5.41) is 8.69. The fraction of sp³-hybridized carbons (Fsp3) is 0.214. The van der Waals surface area contributed by atoms with E-state index in [0.717, 1.165) is 5.76 Å². The van der Waals surface area contributed by atoms with Crippen LogP contribution in [0.15, 0.2) is 52.0 Å². The summed E-state index contributed by atoms with van der Waals surface area (Å²) >= 11 is 0. The molecule has 0 aliphatic heterocycles. The second kappa shape index (κ2) is 5.90. The summed E-state index contributed by atoms with van der Waals surface area (Å²) in [5.41, 5.74) is 0.424. The number of nitriles is 1. The lowest BCUT2D eigenvalue weighted by molar-refractivity contribution is 0.479. The van der Waals surface area contributed by atoms with Crippen LogP contribution in [0.5, 0.6) is 0 Å². The Kier molecular flexibility index (Phi) is 4.23. The summed E-state index contributed by atoms with van der Waals surface area (Å²) in [6.45, 7) is 1.77. The molecule has 1 atom stereocenters. The molecule has 0 aliphatic carbocycles. The van der Waals surface area contributed by atoms with Crippen molar-refractivity contribution < 1.29 is 12.8 Å². The van der Waals surface area contributed by atoms with Gasteiger partial charge in [-0.25, -0.2) is 13.1 Å². The lowest BCUT2D eigenvalue weighted by atomic mass is 10.2. The zero-order valence-electron chi connectivity index (χ0n) is 10.9. The van der Waals surface area contributed by atoms with Crippen LogP contribution in [0.3, 0.4) is 0 Å². The van der Waals surface area contributed by atoms with Gasteiger partial charge in [-0.1, -0.05) is 0 Å². The number of hydrogen-bond donors (Lipinski definition) is 1.